The standard InChI is InChI=1S/C11H15NO/c1-2-8-3-6-10(12)11(7-8)13-9-4-5-9/h3,6-7,9H,2,4-5,12H2,1H3. The topological polar surface area (TPSA) is 35.2 Å². The molecule has 0 spiro atoms. The van der Waals surface area contributed by atoms with Gasteiger partial charge in [0.2, 0.25) is 0 Å². The molecule has 0 radical (unpaired) electrons. The van der Waals surface area contributed by atoms with E-state index in [1.165, 1.54) is 18.4 Å². The molecule has 2 rings (SSSR count). The van der Waals surface area contributed by atoms with Crippen molar-refractivity contribution in [2.24, 2.45) is 0 Å². The van der Waals surface area contributed by atoms with Gasteiger partial charge in [0.05, 0.1) is 11.8 Å². The molecular formula is C11H15NO. The van der Waals surface area contributed by atoms with Crippen molar-refractivity contribution >= 4 is 5.69 Å². The van der Waals surface area contributed by atoms with Crippen LogP contribution in [-0.2, 0) is 6.42 Å². The van der Waals surface area contributed by atoms with E-state index >= 15 is 0 Å². The summed E-state index contributed by atoms with van der Waals surface area (Å²) in [4.78, 5) is 0. The van der Waals surface area contributed by atoms with Gasteiger partial charge in [0, 0.05) is 0 Å². The lowest BCUT2D eigenvalue weighted by atomic mass is 10.1. The van der Waals surface area contributed by atoms with Crippen LogP contribution < -0.4 is 10.5 Å². The highest BCUT2D eigenvalue weighted by molar-refractivity contribution is 5.54. The minimum absolute atomic E-state index is 0.425. The van der Waals surface area contributed by atoms with Crippen molar-refractivity contribution < 1.29 is 4.74 Å². The zero-order valence-electron chi connectivity index (χ0n) is 7.92. The minimum atomic E-state index is 0.425. The largest absolute Gasteiger partial charge is 0.488 e. The second kappa shape index (κ2) is 3.29. The molecule has 0 amide bonds. The number of nitrogens with two attached hydrogens (primary N) is 1. The fourth-order valence-corrected chi connectivity index (χ4v) is 1.27. The van der Waals surface area contributed by atoms with Crippen LogP contribution in [0.3, 0.4) is 0 Å². The summed E-state index contributed by atoms with van der Waals surface area (Å²) in [6, 6.07) is 6.03. The average Bonchev–Trinajstić information content (AvgIpc) is 2.93. The Morgan fingerprint density at radius 1 is 1.46 bits per heavy atom. The molecule has 1 fully saturated rings. The number of hydrogen-bond acceptors (Lipinski definition) is 2. The van der Waals surface area contributed by atoms with E-state index in [9.17, 15) is 0 Å². The third-order valence-corrected chi connectivity index (χ3v) is 2.30. The summed E-state index contributed by atoms with van der Waals surface area (Å²) in [5, 5.41) is 0. The summed E-state index contributed by atoms with van der Waals surface area (Å²) in [6.07, 6.45) is 3.81. The van der Waals surface area contributed by atoms with Crippen LogP contribution in [0.25, 0.3) is 0 Å². The van der Waals surface area contributed by atoms with Crippen LogP contribution >= 0.6 is 0 Å². The van der Waals surface area contributed by atoms with E-state index in [-0.39, 0.29) is 0 Å². The zero-order chi connectivity index (χ0) is 9.26. The Kier molecular flexibility index (Phi) is 2.13. The van der Waals surface area contributed by atoms with E-state index < -0.39 is 0 Å². The number of hydrogen-bond donors (Lipinski definition) is 1. The summed E-state index contributed by atoms with van der Waals surface area (Å²) in [5.74, 6) is 0.863. The predicted octanol–water partition coefficient (Wildman–Crippen LogP) is 2.37. The summed E-state index contributed by atoms with van der Waals surface area (Å²) < 4.78 is 5.67. The highest BCUT2D eigenvalue weighted by atomic mass is 16.5. The number of ether oxygens (including phenoxy) is 1. The fourth-order valence-electron chi connectivity index (χ4n) is 1.27. The van der Waals surface area contributed by atoms with E-state index in [4.69, 9.17) is 10.5 Å². The van der Waals surface area contributed by atoms with Crippen molar-refractivity contribution in [3.63, 3.8) is 0 Å². The van der Waals surface area contributed by atoms with Crippen LogP contribution in [0.5, 0.6) is 5.75 Å². The average molecular weight is 177 g/mol. The number of nitrogen functional groups attached to an aromatic ring is 1. The number of anilines is 1. The molecule has 70 valence electrons. The Morgan fingerprint density at radius 3 is 2.85 bits per heavy atom. The summed E-state index contributed by atoms with van der Waals surface area (Å²) >= 11 is 0. The van der Waals surface area contributed by atoms with Gasteiger partial charge in [0.25, 0.3) is 0 Å². The molecule has 1 aliphatic rings. The molecule has 1 aromatic rings. The molecule has 2 heteroatoms. The van der Waals surface area contributed by atoms with Gasteiger partial charge in [0.15, 0.2) is 0 Å². The van der Waals surface area contributed by atoms with Crippen molar-refractivity contribution in [3.8, 4) is 5.75 Å². The summed E-state index contributed by atoms with van der Waals surface area (Å²) in [6.45, 7) is 2.13. The maximum Gasteiger partial charge on any atom is 0.142 e. The van der Waals surface area contributed by atoms with Gasteiger partial charge in [-0.25, -0.2) is 0 Å². The number of rotatable bonds is 3. The SMILES string of the molecule is CCc1ccc(N)c(OC2CC2)c1. The molecule has 0 atom stereocenters. The monoisotopic (exact) mass is 177 g/mol. The van der Waals surface area contributed by atoms with Crippen molar-refractivity contribution in [1.29, 1.82) is 0 Å². The molecule has 2 nitrogen and oxygen atoms in total. The first-order chi connectivity index (χ1) is 6.29. The first kappa shape index (κ1) is 8.42. The van der Waals surface area contributed by atoms with Crippen LogP contribution in [0.15, 0.2) is 18.2 Å². The lowest BCUT2D eigenvalue weighted by Crippen LogP contribution is -2.00. The molecular weight excluding hydrogens is 162 g/mol. The highest BCUT2D eigenvalue weighted by Gasteiger charge is 2.24. The van der Waals surface area contributed by atoms with Crippen molar-refractivity contribution in [1.82, 2.24) is 0 Å². The molecule has 13 heavy (non-hydrogen) atoms. The Hall–Kier alpha value is -1.18. The molecule has 0 aliphatic heterocycles. The zero-order valence-corrected chi connectivity index (χ0v) is 7.92. The number of benzene rings is 1. The van der Waals surface area contributed by atoms with Crippen LogP contribution in [0.2, 0.25) is 0 Å². The molecule has 0 saturated heterocycles. The normalized spacial score (nSPS) is 15.8. The lowest BCUT2D eigenvalue weighted by Gasteiger charge is -2.08. The van der Waals surface area contributed by atoms with Crippen molar-refractivity contribution in [2.75, 3.05) is 5.73 Å². The van der Waals surface area contributed by atoms with E-state index in [1.54, 1.807) is 0 Å². The van der Waals surface area contributed by atoms with Gasteiger partial charge in [0.1, 0.15) is 5.75 Å². The minimum Gasteiger partial charge on any atom is -0.488 e. The van der Waals surface area contributed by atoms with E-state index in [0.717, 1.165) is 17.9 Å². The predicted molar refractivity (Wildman–Crippen MR) is 53.9 cm³/mol. The smallest absolute Gasteiger partial charge is 0.142 e. The van der Waals surface area contributed by atoms with Crippen molar-refractivity contribution in [2.45, 2.75) is 32.3 Å². The summed E-state index contributed by atoms with van der Waals surface area (Å²) in [7, 11) is 0. The maximum atomic E-state index is 5.80. The van der Waals surface area contributed by atoms with Gasteiger partial charge >= 0.3 is 0 Å². The molecule has 1 saturated carbocycles. The first-order valence-corrected chi connectivity index (χ1v) is 4.84. The first-order valence-electron chi connectivity index (χ1n) is 4.84. The third kappa shape index (κ3) is 1.94. The van der Waals surface area contributed by atoms with Crippen LogP contribution in [0, 0.1) is 0 Å². The van der Waals surface area contributed by atoms with Gasteiger partial charge in [-0.15, -0.1) is 0 Å². The van der Waals surface area contributed by atoms with Crippen LogP contribution in [0.1, 0.15) is 25.3 Å². The molecule has 1 aromatic carbocycles. The number of aryl methyl sites for hydroxylation is 1. The molecule has 0 heterocycles. The van der Waals surface area contributed by atoms with E-state index in [2.05, 4.69) is 13.0 Å². The van der Waals surface area contributed by atoms with Crippen LogP contribution in [0.4, 0.5) is 5.69 Å². The van der Waals surface area contributed by atoms with E-state index in [1.807, 2.05) is 12.1 Å². The lowest BCUT2D eigenvalue weighted by molar-refractivity contribution is 0.304. The molecule has 0 bridgehead atoms. The van der Waals surface area contributed by atoms with Gasteiger partial charge in [-0.05, 0) is 37.0 Å². The molecule has 2 N–H and O–H groups in total. The molecule has 0 aromatic heterocycles. The Balaban J connectivity index is 2.19. The van der Waals surface area contributed by atoms with Crippen molar-refractivity contribution in [3.05, 3.63) is 23.8 Å². The fraction of sp³-hybridized carbons (Fsp3) is 0.455. The summed E-state index contributed by atoms with van der Waals surface area (Å²) in [5.41, 5.74) is 7.83. The second-order valence-electron chi connectivity index (χ2n) is 3.54. The molecule has 1 aliphatic carbocycles. The van der Waals surface area contributed by atoms with E-state index in [0.29, 0.717) is 6.10 Å². The third-order valence-electron chi connectivity index (χ3n) is 2.30. The van der Waals surface area contributed by atoms with Gasteiger partial charge < -0.3 is 10.5 Å². The Bertz CT molecular complexity index is 305. The Morgan fingerprint density at radius 2 is 2.23 bits per heavy atom. The quantitative estimate of drug-likeness (QED) is 0.719. The highest BCUT2D eigenvalue weighted by Crippen LogP contribution is 2.31. The van der Waals surface area contributed by atoms with Crippen LogP contribution in [-0.4, -0.2) is 6.10 Å². The van der Waals surface area contributed by atoms with Gasteiger partial charge in [-0.1, -0.05) is 13.0 Å². The van der Waals surface area contributed by atoms with Gasteiger partial charge in [-0.2, -0.15) is 0 Å². The Labute approximate surface area is 78.7 Å². The molecule has 0 unspecified atom stereocenters. The van der Waals surface area contributed by atoms with Gasteiger partial charge in [-0.3, -0.25) is 0 Å². The maximum absolute atomic E-state index is 5.80. The second-order valence-corrected chi connectivity index (χ2v) is 3.54.